The maximum atomic E-state index is 6.19. The van der Waals surface area contributed by atoms with Gasteiger partial charge in [-0.15, -0.1) is 0 Å². The van der Waals surface area contributed by atoms with Gasteiger partial charge in [-0.25, -0.2) is 0 Å². The van der Waals surface area contributed by atoms with Gasteiger partial charge in [0.05, 0.1) is 21.3 Å². The third-order valence-electron chi connectivity index (χ3n) is 4.81. The molecule has 1 heterocycles. The molecule has 0 N–H and O–H groups in total. The van der Waals surface area contributed by atoms with Crippen LogP contribution in [-0.2, 0) is 13.1 Å². The second kappa shape index (κ2) is 8.72. The molecule has 1 aliphatic rings. The summed E-state index contributed by atoms with van der Waals surface area (Å²) in [5.74, 6) is 2.84. The van der Waals surface area contributed by atoms with Crippen LogP contribution in [-0.4, -0.2) is 38.9 Å². The molecule has 0 amide bonds. The summed E-state index contributed by atoms with van der Waals surface area (Å²) in [6.45, 7) is 4.45. The van der Waals surface area contributed by atoms with E-state index in [4.69, 9.17) is 30.5 Å². The minimum absolute atomic E-state index is 0.107. The Balaban J connectivity index is 1.91. The first-order valence-electron chi connectivity index (χ1n) is 9.04. The number of hydrogen-bond donors (Lipinski definition) is 0. The van der Waals surface area contributed by atoms with Gasteiger partial charge < -0.3 is 18.9 Å². The zero-order chi connectivity index (χ0) is 19.4. The third kappa shape index (κ3) is 4.25. The van der Waals surface area contributed by atoms with Crippen molar-refractivity contribution in [3.8, 4) is 23.0 Å². The van der Waals surface area contributed by atoms with Crippen molar-refractivity contribution in [2.75, 3.05) is 27.9 Å². The van der Waals surface area contributed by atoms with Crippen molar-refractivity contribution in [2.24, 2.45) is 0 Å². The van der Waals surface area contributed by atoms with Crippen LogP contribution >= 0.6 is 11.6 Å². The first-order chi connectivity index (χ1) is 13.1. The van der Waals surface area contributed by atoms with Gasteiger partial charge in [0.1, 0.15) is 11.9 Å². The van der Waals surface area contributed by atoms with Gasteiger partial charge in [-0.05, 0) is 24.6 Å². The van der Waals surface area contributed by atoms with Crippen LogP contribution in [0.1, 0.15) is 24.5 Å². The second-order valence-electron chi connectivity index (χ2n) is 6.56. The zero-order valence-electron chi connectivity index (χ0n) is 16.3. The van der Waals surface area contributed by atoms with Gasteiger partial charge in [0, 0.05) is 35.8 Å². The fraction of sp³-hybridized carbons (Fsp3) is 0.429. The van der Waals surface area contributed by atoms with Gasteiger partial charge in [-0.3, -0.25) is 4.90 Å². The summed E-state index contributed by atoms with van der Waals surface area (Å²) in [6, 6.07) is 9.78. The number of nitrogens with zero attached hydrogens (tertiary/aromatic N) is 1. The minimum Gasteiger partial charge on any atom is -0.493 e. The lowest BCUT2D eigenvalue weighted by atomic mass is 10.1. The van der Waals surface area contributed by atoms with E-state index in [2.05, 4.69) is 11.8 Å². The SMILES string of the molecule is CCC1CN(Cc2ccc(OC)c(OC)c2OC)Cc2ccc(Cl)cc2O1. The molecule has 0 saturated carbocycles. The molecule has 6 heteroatoms. The molecule has 146 valence electrons. The van der Waals surface area contributed by atoms with E-state index in [1.807, 2.05) is 30.3 Å². The number of methoxy groups -OCH3 is 3. The fourth-order valence-corrected chi connectivity index (χ4v) is 3.60. The van der Waals surface area contributed by atoms with Crippen LogP contribution in [0.3, 0.4) is 0 Å². The normalized spacial score (nSPS) is 16.9. The highest BCUT2D eigenvalue weighted by molar-refractivity contribution is 6.30. The van der Waals surface area contributed by atoms with Crippen LogP contribution in [0.4, 0.5) is 0 Å². The number of halogens is 1. The molecule has 27 heavy (non-hydrogen) atoms. The van der Waals surface area contributed by atoms with E-state index < -0.39 is 0 Å². The van der Waals surface area contributed by atoms with E-state index in [9.17, 15) is 0 Å². The number of hydrogen-bond acceptors (Lipinski definition) is 5. The van der Waals surface area contributed by atoms with Crippen LogP contribution in [0, 0.1) is 0 Å². The van der Waals surface area contributed by atoms with Crippen LogP contribution in [0.2, 0.25) is 5.02 Å². The molecule has 0 spiro atoms. The molecule has 0 aliphatic carbocycles. The summed E-state index contributed by atoms with van der Waals surface area (Å²) in [6.07, 6.45) is 1.03. The Morgan fingerprint density at radius 2 is 1.85 bits per heavy atom. The predicted molar refractivity (Wildman–Crippen MR) is 106 cm³/mol. The molecule has 0 bridgehead atoms. The van der Waals surface area contributed by atoms with Crippen LogP contribution in [0.15, 0.2) is 30.3 Å². The van der Waals surface area contributed by atoms with E-state index in [0.717, 1.165) is 36.4 Å². The Labute approximate surface area is 165 Å². The molecule has 1 aliphatic heterocycles. The van der Waals surface area contributed by atoms with E-state index in [0.29, 0.717) is 28.8 Å². The summed E-state index contributed by atoms with van der Waals surface area (Å²) >= 11 is 6.15. The van der Waals surface area contributed by atoms with Gasteiger partial charge in [0.15, 0.2) is 11.5 Å². The second-order valence-corrected chi connectivity index (χ2v) is 7.00. The number of fused-ring (bicyclic) bond motifs is 1. The van der Waals surface area contributed by atoms with Crippen LogP contribution in [0.25, 0.3) is 0 Å². The standard InChI is InChI=1S/C21H26ClNO4/c1-5-17-13-23(11-14-6-8-16(22)10-19(14)27-17)12-15-7-9-18(24-2)21(26-4)20(15)25-3/h6-10,17H,5,11-13H2,1-4H3. The van der Waals surface area contributed by atoms with E-state index in [1.165, 1.54) is 0 Å². The van der Waals surface area contributed by atoms with Gasteiger partial charge in [0.25, 0.3) is 0 Å². The summed E-state index contributed by atoms with van der Waals surface area (Å²) in [4.78, 5) is 2.36. The summed E-state index contributed by atoms with van der Waals surface area (Å²) in [5, 5.41) is 0.693. The van der Waals surface area contributed by atoms with E-state index in [1.54, 1.807) is 21.3 Å². The molecule has 2 aromatic carbocycles. The maximum absolute atomic E-state index is 6.19. The van der Waals surface area contributed by atoms with Gasteiger partial charge in [0.2, 0.25) is 5.75 Å². The molecule has 0 fully saturated rings. The largest absolute Gasteiger partial charge is 0.493 e. The lowest BCUT2D eigenvalue weighted by Crippen LogP contribution is -2.32. The number of ether oxygens (including phenoxy) is 4. The van der Waals surface area contributed by atoms with Crippen molar-refractivity contribution in [3.63, 3.8) is 0 Å². The van der Waals surface area contributed by atoms with Crippen molar-refractivity contribution >= 4 is 11.6 Å². The molecule has 0 aromatic heterocycles. The monoisotopic (exact) mass is 391 g/mol. The first-order valence-corrected chi connectivity index (χ1v) is 9.42. The smallest absolute Gasteiger partial charge is 0.203 e. The maximum Gasteiger partial charge on any atom is 0.203 e. The molecule has 3 rings (SSSR count). The summed E-state index contributed by atoms with van der Waals surface area (Å²) in [5.41, 5.74) is 2.18. The highest BCUT2D eigenvalue weighted by Gasteiger charge is 2.24. The third-order valence-corrected chi connectivity index (χ3v) is 5.05. The minimum atomic E-state index is 0.107. The van der Waals surface area contributed by atoms with E-state index >= 15 is 0 Å². The van der Waals surface area contributed by atoms with Crippen molar-refractivity contribution < 1.29 is 18.9 Å². The predicted octanol–water partition coefficient (Wildman–Crippen LogP) is 4.54. The molecule has 5 nitrogen and oxygen atoms in total. The molecule has 1 unspecified atom stereocenters. The lowest BCUT2D eigenvalue weighted by Gasteiger charge is -2.25. The van der Waals surface area contributed by atoms with Crippen molar-refractivity contribution in [3.05, 3.63) is 46.5 Å². The topological polar surface area (TPSA) is 40.2 Å². The lowest BCUT2D eigenvalue weighted by molar-refractivity contribution is 0.138. The number of rotatable bonds is 6. The van der Waals surface area contributed by atoms with Gasteiger partial charge >= 0.3 is 0 Å². The quantitative estimate of drug-likeness (QED) is 0.723. The van der Waals surface area contributed by atoms with Gasteiger partial charge in [-0.1, -0.05) is 30.7 Å². The van der Waals surface area contributed by atoms with Crippen molar-refractivity contribution in [1.29, 1.82) is 0 Å². The number of benzene rings is 2. The van der Waals surface area contributed by atoms with Crippen molar-refractivity contribution in [1.82, 2.24) is 4.90 Å². The van der Waals surface area contributed by atoms with Gasteiger partial charge in [-0.2, -0.15) is 0 Å². The molecule has 0 saturated heterocycles. The van der Waals surface area contributed by atoms with Crippen molar-refractivity contribution in [2.45, 2.75) is 32.5 Å². The van der Waals surface area contributed by atoms with Crippen LogP contribution in [0.5, 0.6) is 23.0 Å². The van der Waals surface area contributed by atoms with E-state index in [-0.39, 0.29) is 6.10 Å². The Kier molecular flexibility index (Phi) is 6.34. The first kappa shape index (κ1) is 19.6. The summed E-state index contributed by atoms with van der Waals surface area (Å²) in [7, 11) is 4.90. The fourth-order valence-electron chi connectivity index (χ4n) is 3.44. The Morgan fingerprint density at radius 3 is 2.52 bits per heavy atom. The molecular weight excluding hydrogens is 366 g/mol. The zero-order valence-corrected chi connectivity index (χ0v) is 17.0. The molecule has 1 atom stereocenters. The molecular formula is C21H26ClNO4. The van der Waals surface area contributed by atoms with Crippen LogP contribution < -0.4 is 18.9 Å². The summed E-state index contributed by atoms with van der Waals surface area (Å²) < 4.78 is 22.7. The Morgan fingerprint density at radius 1 is 1.07 bits per heavy atom. The average molecular weight is 392 g/mol. The molecule has 0 radical (unpaired) electrons. The average Bonchev–Trinajstić information content (AvgIpc) is 2.85. The highest BCUT2D eigenvalue weighted by atomic mass is 35.5. The Hall–Kier alpha value is -2.11. The molecule has 2 aromatic rings. The Bertz CT molecular complexity index is 796. The highest BCUT2D eigenvalue weighted by Crippen LogP contribution is 2.40.